The van der Waals surface area contributed by atoms with E-state index in [1.54, 1.807) is 6.07 Å². The minimum Gasteiger partial charge on any atom is -0.508 e. The van der Waals surface area contributed by atoms with Crippen molar-refractivity contribution in [2.75, 3.05) is 17.2 Å². The smallest absolute Gasteiger partial charge is 0.150 e. The molecule has 0 bridgehead atoms. The molecule has 0 aliphatic carbocycles. The molecule has 17 heavy (non-hydrogen) atoms. The maximum Gasteiger partial charge on any atom is 0.150 e. The van der Waals surface area contributed by atoms with Crippen LogP contribution in [0, 0.1) is 5.92 Å². The minimum atomic E-state index is -2.80. The molecule has 0 atom stereocenters. The van der Waals surface area contributed by atoms with Crippen molar-refractivity contribution < 1.29 is 13.5 Å². The standard InChI is InChI=1S/C12H17NO3S/c13-12-8-11(14)2-1-10(12)7-9-3-5-17(15,16)6-4-9/h1-2,8-9,14H,3-7,13H2. The molecule has 1 heterocycles. The highest BCUT2D eigenvalue weighted by molar-refractivity contribution is 7.91. The van der Waals surface area contributed by atoms with Crippen LogP contribution >= 0.6 is 0 Å². The van der Waals surface area contributed by atoms with Gasteiger partial charge < -0.3 is 10.8 Å². The van der Waals surface area contributed by atoms with Crippen LogP contribution in [-0.2, 0) is 16.3 Å². The van der Waals surface area contributed by atoms with Crippen molar-refractivity contribution >= 4 is 15.5 Å². The second-order valence-electron chi connectivity index (χ2n) is 4.68. The summed E-state index contributed by atoms with van der Waals surface area (Å²) in [5, 5.41) is 9.25. The molecule has 0 radical (unpaired) electrons. The van der Waals surface area contributed by atoms with E-state index in [9.17, 15) is 13.5 Å². The number of hydrogen-bond donors (Lipinski definition) is 2. The summed E-state index contributed by atoms with van der Waals surface area (Å²) in [6.45, 7) is 0. The first kappa shape index (κ1) is 12.2. The molecule has 4 nitrogen and oxygen atoms in total. The number of nitrogen functional groups attached to an aromatic ring is 1. The Hall–Kier alpha value is -1.23. The van der Waals surface area contributed by atoms with E-state index < -0.39 is 9.84 Å². The van der Waals surface area contributed by atoms with Gasteiger partial charge in [0.2, 0.25) is 0 Å². The van der Waals surface area contributed by atoms with Gasteiger partial charge in [0, 0.05) is 11.8 Å². The van der Waals surface area contributed by atoms with Gasteiger partial charge in [0.1, 0.15) is 15.6 Å². The Kier molecular flexibility index (Phi) is 3.28. The summed E-state index contributed by atoms with van der Waals surface area (Å²) < 4.78 is 22.6. The second kappa shape index (κ2) is 4.56. The van der Waals surface area contributed by atoms with Gasteiger partial charge in [-0.25, -0.2) is 8.42 Å². The molecular formula is C12H17NO3S. The lowest BCUT2D eigenvalue weighted by molar-refractivity contribution is 0.461. The average molecular weight is 255 g/mol. The molecule has 2 rings (SSSR count). The fraction of sp³-hybridized carbons (Fsp3) is 0.500. The first-order valence-electron chi connectivity index (χ1n) is 5.74. The number of aromatic hydroxyl groups is 1. The van der Waals surface area contributed by atoms with Crippen molar-refractivity contribution in [3.8, 4) is 5.75 Å². The van der Waals surface area contributed by atoms with E-state index in [-0.39, 0.29) is 17.3 Å². The molecule has 5 heteroatoms. The highest BCUT2D eigenvalue weighted by atomic mass is 32.2. The lowest BCUT2D eigenvalue weighted by Gasteiger charge is -2.22. The fourth-order valence-corrected chi connectivity index (χ4v) is 3.81. The normalized spacial score (nSPS) is 20.2. The van der Waals surface area contributed by atoms with Gasteiger partial charge in [-0.15, -0.1) is 0 Å². The van der Waals surface area contributed by atoms with Gasteiger partial charge in [0.05, 0.1) is 11.5 Å². The third-order valence-corrected chi connectivity index (χ3v) is 5.03. The van der Waals surface area contributed by atoms with E-state index in [1.807, 2.05) is 6.07 Å². The number of phenolic OH excluding ortho intramolecular Hbond substituents is 1. The van der Waals surface area contributed by atoms with Gasteiger partial charge in [0.25, 0.3) is 0 Å². The Bertz CT molecular complexity index is 496. The third-order valence-electron chi connectivity index (χ3n) is 3.31. The van der Waals surface area contributed by atoms with Crippen molar-refractivity contribution in [3.63, 3.8) is 0 Å². The summed E-state index contributed by atoms with van der Waals surface area (Å²) in [5.74, 6) is 1.12. The molecule has 1 aromatic carbocycles. The summed E-state index contributed by atoms with van der Waals surface area (Å²) in [4.78, 5) is 0. The number of benzene rings is 1. The molecule has 0 amide bonds. The third kappa shape index (κ3) is 3.12. The maximum absolute atomic E-state index is 11.3. The number of phenols is 1. The molecule has 1 fully saturated rings. The van der Waals surface area contributed by atoms with Gasteiger partial charge in [-0.2, -0.15) is 0 Å². The summed E-state index contributed by atoms with van der Waals surface area (Å²) >= 11 is 0. The SMILES string of the molecule is Nc1cc(O)ccc1CC1CCS(=O)(=O)CC1. The van der Waals surface area contributed by atoms with Gasteiger partial charge in [0.15, 0.2) is 0 Å². The summed E-state index contributed by atoms with van der Waals surface area (Å²) in [7, 11) is -2.80. The number of hydrogen-bond acceptors (Lipinski definition) is 4. The van der Waals surface area contributed by atoms with Crippen LogP contribution in [-0.4, -0.2) is 25.0 Å². The van der Waals surface area contributed by atoms with E-state index in [2.05, 4.69) is 0 Å². The predicted octanol–water partition coefficient (Wildman–Crippen LogP) is 1.34. The highest BCUT2D eigenvalue weighted by Crippen LogP contribution is 2.27. The Morgan fingerprint density at radius 1 is 1.29 bits per heavy atom. The molecule has 1 aliphatic rings. The summed E-state index contributed by atoms with van der Waals surface area (Å²) in [6, 6.07) is 4.97. The van der Waals surface area contributed by atoms with Gasteiger partial charge >= 0.3 is 0 Å². The molecule has 1 saturated heterocycles. The van der Waals surface area contributed by atoms with Crippen LogP contribution in [0.25, 0.3) is 0 Å². The van der Waals surface area contributed by atoms with Crippen molar-refractivity contribution in [1.82, 2.24) is 0 Å². The minimum absolute atomic E-state index is 0.164. The molecule has 1 aromatic rings. The Labute approximate surface area is 101 Å². The highest BCUT2D eigenvalue weighted by Gasteiger charge is 2.24. The number of nitrogens with two attached hydrogens (primary N) is 1. The zero-order valence-electron chi connectivity index (χ0n) is 9.59. The number of anilines is 1. The van der Waals surface area contributed by atoms with Crippen LogP contribution in [0.15, 0.2) is 18.2 Å². The van der Waals surface area contributed by atoms with Crippen LogP contribution in [0.4, 0.5) is 5.69 Å². The van der Waals surface area contributed by atoms with E-state index in [1.165, 1.54) is 6.07 Å². The quantitative estimate of drug-likeness (QED) is 0.781. The summed E-state index contributed by atoms with van der Waals surface area (Å²) in [5.41, 5.74) is 7.39. The van der Waals surface area contributed by atoms with Crippen molar-refractivity contribution in [1.29, 1.82) is 0 Å². The maximum atomic E-state index is 11.3. The Morgan fingerprint density at radius 2 is 1.94 bits per heavy atom. The van der Waals surface area contributed by atoms with E-state index in [0.29, 0.717) is 24.4 Å². The number of rotatable bonds is 2. The summed E-state index contributed by atoms with van der Waals surface area (Å²) in [6.07, 6.45) is 2.22. The molecule has 0 aromatic heterocycles. The van der Waals surface area contributed by atoms with E-state index in [4.69, 9.17) is 5.73 Å². The van der Waals surface area contributed by atoms with Crippen LogP contribution in [0.5, 0.6) is 5.75 Å². The van der Waals surface area contributed by atoms with Gasteiger partial charge in [-0.1, -0.05) is 6.07 Å². The monoisotopic (exact) mass is 255 g/mol. The van der Waals surface area contributed by atoms with E-state index in [0.717, 1.165) is 12.0 Å². The van der Waals surface area contributed by atoms with Crippen LogP contribution in [0.2, 0.25) is 0 Å². The molecule has 0 spiro atoms. The zero-order valence-corrected chi connectivity index (χ0v) is 10.4. The van der Waals surface area contributed by atoms with Gasteiger partial charge in [-0.3, -0.25) is 0 Å². The van der Waals surface area contributed by atoms with Crippen molar-refractivity contribution in [3.05, 3.63) is 23.8 Å². The molecule has 3 N–H and O–H groups in total. The van der Waals surface area contributed by atoms with Gasteiger partial charge in [-0.05, 0) is 36.8 Å². The van der Waals surface area contributed by atoms with Crippen molar-refractivity contribution in [2.24, 2.45) is 5.92 Å². The predicted molar refractivity (Wildman–Crippen MR) is 67.6 cm³/mol. The average Bonchev–Trinajstić information content (AvgIpc) is 2.25. The molecular weight excluding hydrogens is 238 g/mol. The topological polar surface area (TPSA) is 80.4 Å². The molecule has 94 valence electrons. The van der Waals surface area contributed by atoms with E-state index >= 15 is 0 Å². The molecule has 1 aliphatic heterocycles. The lowest BCUT2D eigenvalue weighted by atomic mass is 9.93. The molecule has 0 unspecified atom stereocenters. The number of sulfone groups is 1. The Morgan fingerprint density at radius 3 is 2.53 bits per heavy atom. The van der Waals surface area contributed by atoms with Crippen LogP contribution < -0.4 is 5.73 Å². The van der Waals surface area contributed by atoms with Crippen LogP contribution in [0.1, 0.15) is 18.4 Å². The lowest BCUT2D eigenvalue weighted by Crippen LogP contribution is -2.24. The van der Waals surface area contributed by atoms with Crippen LogP contribution in [0.3, 0.4) is 0 Å². The second-order valence-corrected chi connectivity index (χ2v) is 6.99. The van der Waals surface area contributed by atoms with Crippen molar-refractivity contribution in [2.45, 2.75) is 19.3 Å². The zero-order chi connectivity index (χ0) is 12.5. The first-order chi connectivity index (χ1) is 7.96. The first-order valence-corrected chi connectivity index (χ1v) is 7.56. The molecule has 0 saturated carbocycles. The Balaban J connectivity index is 2.02. The largest absolute Gasteiger partial charge is 0.508 e. The fourth-order valence-electron chi connectivity index (χ4n) is 2.22.